The third-order valence-corrected chi connectivity index (χ3v) is 2.44. The molecule has 1 aromatic rings. The molecule has 1 unspecified atom stereocenters. The molecule has 0 spiro atoms. The van der Waals surface area contributed by atoms with E-state index in [0.717, 1.165) is 0 Å². The number of carbonyl (C=O) groups excluding carboxylic acids is 3. The summed E-state index contributed by atoms with van der Waals surface area (Å²) in [5, 5.41) is 0.313. The van der Waals surface area contributed by atoms with E-state index in [0.29, 0.717) is 5.02 Å². The first-order chi connectivity index (χ1) is 7.50. The number of halogens is 1. The third-order valence-electron chi connectivity index (χ3n) is 2.20. The van der Waals surface area contributed by atoms with Gasteiger partial charge in [0.1, 0.15) is 5.75 Å². The lowest BCUT2D eigenvalue weighted by molar-refractivity contribution is -0.142. The summed E-state index contributed by atoms with van der Waals surface area (Å²) in [6.07, 6.45) is 0. The van der Waals surface area contributed by atoms with Crippen molar-refractivity contribution in [1.82, 2.24) is 0 Å². The summed E-state index contributed by atoms with van der Waals surface area (Å²) < 4.78 is 4.81. The minimum Gasteiger partial charge on any atom is -0.425 e. The minimum atomic E-state index is -1.58. The lowest BCUT2D eigenvalue weighted by atomic mass is 9.94. The maximum atomic E-state index is 11.8. The number of nitrogens with two attached hydrogens (primary N) is 1. The Bertz CT molecular complexity index is 512. The highest BCUT2D eigenvalue weighted by molar-refractivity contribution is 6.32. The number of benzene rings is 1. The van der Waals surface area contributed by atoms with E-state index in [1.165, 1.54) is 18.2 Å². The number of amides is 1. The van der Waals surface area contributed by atoms with Gasteiger partial charge in [-0.15, -0.1) is 0 Å². The number of Topliss-reactive ketones (excluding diaryl/α,β-unsaturated/α-hetero) is 1. The zero-order valence-electron chi connectivity index (χ0n) is 7.90. The van der Waals surface area contributed by atoms with Crippen LogP contribution in [0.15, 0.2) is 18.2 Å². The summed E-state index contributed by atoms with van der Waals surface area (Å²) >= 11 is 5.70. The fraction of sp³-hybridized carbons (Fsp3) is 0.100. The van der Waals surface area contributed by atoms with Gasteiger partial charge in [-0.25, -0.2) is 0 Å². The highest BCUT2D eigenvalue weighted by atomic mass is 35.5. The van der Waals surface area contributed by atoms with Gasteiger partial charge >= 0.3 is 5.97 Å². The van der Waals surface area contributed by atoms with Crippen LogP contribution < -0.4 is 10.5 Å². The van der Waals surface area contributed by atoms with E-state index in [4.69, 9.17) is 22.1 Å². The molecule has 82 valence electrons. The zero-order valence-corrected chi connectivity index (χ0v) is 8.65. The van der Waals surface area contributed by atoms with Gasteiger partial charge in [-0.3, -0.25) is 14.4 Å². The van der Waals surface area contributed by atoms with E-state index >= 15 is 0 Å². The molecule has 0 saturated carbocycles. The van der Waals surface area contributed by atoms with Crippen LogP contribution in [0.1, 0.15) is 10.4 Å². The largest absolute Gasteiger partial charge is 0.425 e. The van der Waals surface area contributed by atoms with Crippen molar-refractivity contribution in [2.75, 3.05) is 0 Å². The molecule has 16 heavy (non-hydrogen) atoms. The summed E-state index contributed by atoms with van der Waals surface area (Å²) in [6, 6.07) is 4.21. The van der Waals surface area contributed by atoms with Crippen LogP contribution in [-0.4, -0.2) is 17.7 Å². The maximum Gasteiger partial charge on any atom is 0.331 e. The average molecular weight is 240 g/mol. The lowest BCUT2D eigenvalue weighted by Gasteiger charge is -2.19. The van der Waals surface area contributed by atoms with Gasteiger partial charge in [-0.2, -0.15) is 0 Å². The first-order valence-electron chi connectivity index (χ1n) is 4.35. The monoisotopic (exact) mass is 239 g/mol. The second kappa shape index (κ2) is 3.61. The van der Waals surface area contributed by atoms with Crippen LogP contribution in [0.3, 0.4) is 0 Å². The Morgan fingerprint density at radius 3 is 2.69 bits per heavy atom. The molecule has 1 atom stereocenters. The number of esters is 1. The molecule has 0 fully saturated rings. The first kappa shape index (κ1) is 10.6. The summed E-state index contributed by atoms with van der Waals surface area (Å²) in [5.74, 6) is -4.14. The Labute approximate surface area is 95.1 Å². The number of hydrogen-bond donors (Lipinski definition) is 1. The molecule has 1 amide bonds. The SMILES string of the molecule is NC(=O)C1C(=O)Oc2ccc(Cl)cc2C1=O. The fourth-order valence-corrected chi connectivity index (χ4v) is 1.63. The van der Waals surface area contributed by atoms with Gasteiger partial charge in [-0.1, -0.05) is 11.6 Å². The number of primary amides is 1. The van der Waals surface area contributed by atoms with Crippen LogP contribution in [0.2, 0.25) is 5.02 Å². The molecule has 1 aliphatic heterocycles. The van der Waals surface area contributed by atoms with Crippen LogP contribution in [0.4, 0.5) is 0 Å². The second-order valence-electron chi connectivity index (χ2n) is 3.26. The van der Waals surface area contributed by atoms with E-state index in [-0.39, 0.29) is 11.3 Å². The number of fused-ring (bicyclic) bond motifs is 1. The van der Waals surface area contributed by atoms with Crippen LogP contribution in [0.25, 0.3) is 0 Å². The predicted molar refractivity (Wildman–Crippen MR) is 54.1 cm³/mol. The molecule has 0 aromatic heterocycles. The van der Waals surface area contributed by atoms with E-state index in [1.54, 1.807) is 0 Å². The van der Waals surface area contributed by atoms with Crippen LogP contribution >= 0.6 is 11.6 Å². The van der Waals surface area contributed by atoms with Crippen molar-refractivity contribution in [2.45, 2.75) is 0 Å². The maximum absolute atomic E-state index is 11.8. The van der Waals surface area contributed by atoms with E-state index in [1.807, 2.05) is 0 Å². The summed E-state index contributed by atoms with van der Waals surface area (Å²) in [5.41, 5.74) is 5.04. The Balaban J connectivity index is 2.55. The van der Waals surface area contributed by atoms with Crippen LogP contribution in [-0.2, 0) is 9.59 Å². The fourth-order valence-electron chi connectivity index (χ4n) is 1.46. The molecular weight excluding hydrogens is 234 g/mol. The van der Waals surface area contributed by atoms with Crippen molar-refractivity contribution in [3.8, 4) is 5.75 Å². The molecule has 1 aliphatic rings. The average Bonchev–Trinajstić information content (AvgIpc) is 2.19. The van der Waals surface area contributed by atoms with Crippen molar-refractivity contribution in [3.63, 3.8) is 0 Å². The molecule has 2 N–H and O–H groups in total. The Morgan fingerprint density at radius 2 is 2.06 bits per heavy atom. The van der Waals surface area contributed by atoms with Crippen molar-refractivity contribution < 1.29 is 19.1 Å². The summed E-state index contributed by atoms with van der Waals surface area (Å²) in [6.45, 7) is 0. The first-order valence-corrected chi connectivity index (χ1v) is 4.73. The van der Waals surface area contributed by atoms with Gasteiger partial charge in [0.15, 0.2) is 11.7 Å². The second-order valence-corrected chi connectivity index (χ2v) is 3.70. The standard InChI is InChI=1S/C10H6ClNO4/c11-4-1-2-6-5(3-4)8(13)7(9(12)14)10(15)16-6/h1-3,7H,(H2,12,14). The number of hydrogen-bond acceptors (Lipinski definition) is 4. The minimum absolute atomic E-state index is 0.0934. The highest BCUT2D eigenvalue weighted by Crippen LogP contribution is 2.30. The van der Waals surface area contributed by atoms with Gasteiger partial charge in [0, 0.05) is 5.02 Å². The molecule has 1 aromatic carbocycles. The molecule has 0 radical (unpaired) electrons. The quantitative estimate of drug-likeness (QED) is 0.440. The van der Waals surface area contributed by atoms with Crippen molar-refractivity contribution in [3.05, 3.63) is 28.8 Å². The molecule has 0 aliphatic carbocycles. The Hall–Kier alpha value is -1.88. The zero-order chi connectivity index (χ0) is 11.9. The number of ketones is 1. The summed E-state index contributed by atoms with van der Waals surface area (Å²) in [4.78, 5) is 34.0. The van der Waals surface area contributed by atoms with Crippen molar-refractivity contribution >= 4 is 29.3 Å². The summed E-state index contributed by atoms with van der Waals surface area (Å²) in [7, 11) is 0. The van der Waals surface area contributed by atoms with Gasteiger partial charge in [-0.05, 0) is 18.2 Å². The third kappa shape index (κ3) is 1.55. The van der Waals surface area contributed by atoms with Gasteiger partial charge in [0.2, 0.25) is 5.91 Å². The smallest absolute Gasteiger partial charge is 0.331 e. The predicted octanol–water partition coefficient (Wildman–Crippen LogP) is 0.543. The molecule has 0 bridgehead atoms. The Kier molecular flexibility index (Phi) is 2.40. The van der Waals surface area contributed by atoms with Crippen LogP contribution in [0.5, 0.6) is 5.75 Å². The van der Waals surface area contributed by atoms with Crippen LogP contribution in [0, 0.1) is 5.92 Å². The highest BCUT2D eigenvalue weighted by Gasteiger charge is 2.40. The lowest BCUT2D eigenvalue weighted by Crippen LogP contribution is -2.42. The molecule has 0 saturated heterocycles. The van der Waals surface area contributed by atoms with E-state index < -0.39 is 23.6 Å². The molecule has 1 heterocycles. The number of ether oxygens (including phenoxy) is 1. The van der Waals surface area contributed by atoms with Crippen molar-refractivity contribution in [1.29, 1.82) is 0 Å². The number of rotatable bonds is 1. The molecule has 2 rings (SSSR count). The topological polar surface area (TPSA) is 86.5 Å². The number of carbonyl (C=O) groups is 3. The molecular formula is C10H6ClNO4. The van der Waals surface area contributed by atoms with Crippen molar-refractivity contribution in [2.24, 2.45) is 11.7 Å². The van der Waals surface area contributed by atoms with E-state index in [9.17, 15) is 14.4 Å². The van der Waals surface area contributed by atoms with E-state index in [2.05, 4.69) is 0 Å². The van der Waals surface area contributed by atoms with Gasteiger partial charge < -0.3 is 10.5 Å². The molecule has 5 nitrogen and oxygen atoms in total. The Morgan fingerprint density at radius 1 is 1.38 bits per heavy atom. The molecule has 6 heteroatoms. The normalized spacial score (nSPS) is 18.9. The van der Waals surface area contributed by atoms with Gasteiger partial charge in [0.25, 0.3) is 0 Å². The van der Waals surface area contributed by atoms with Gasteiger partial charge in [0.05, 0.1) is 5.56 Å².